The van der Waals surface area contributed by atoms with E-state index >= 15 is 0 Å². The van der Waals surface area contributed by atoms with Crippen LogP contribution in [-0.4, -0.2) is 46.9 Å². The second-order valence-corrected chi connectivity index (χ2v) is 7.65. The maximum absolute atomic E-state index is 12.7. The van der Waals surface area contributed by atoms with Crippen LogP contribution in [0.15, 0.2) is 46.8 Å². The highest BCUT2D eigenvalue weighted by atomic mass is 32.1. The predicted octanol–water partition coefficient (Wildman–Crippen LogP) is 2.33. The molecule has 8 heteroatoms. The number of nitrogens with one attached hydrogen (secondary N) is 1. The second-order valence-electron chi connectivity index (χ2n) is 6.78. The first-order valence-electron chi connectivity index (χ1n) is 9.28. The van der Waals surface area contributed by atoms with Crippen LogP contribution >= 0.6 is 11.3 Å². The van der Waals surface area contributed by atoms with Crippen molar-refractivity contribution >= 4 is 22.2 Å². The fourth-order valence-corrected chi connectivity index (χ4v) is 4.30. The van der Waals surface area contributed by atoms with Crippen LogP contribution in [0.5, 0.6) is 5.75 Å². The van der Waals surface area contributed by atoms with Crippen LogP contribution in [-0.2, 0) is 0 Å². The number of aromatic nitrogens is 2. The van der Waals surface area contributed by atoms with Crippen LogP contribution in [0.25, 0.3) is 4.96 Å². The summed E-state index contributed by atoms with van der Waals surface area (Å²) >= 11 is 1.36. The highest BCUT2D eigenvalue weighted by molar-refractivity contribution is 7.15. The summed E-state index contributed by atoms with van der Waals surface area (Å²) in [6.45, 7) is 2.39. The third kappa shape index (κ3) is 3.65. The molecule has 1 unspecified atom stereocenters. The van der Waals surface area contributed by atoms with Crippen LogP contribution in [0.3, 0.4) is 0 Å². The van der Waals surface area contributed by atoms with Crippen LogP contribution in [0.2, 0.25) is 0 Å². The zero-order chi connectivity index (χ0) is 19.5. The van der Waals surface area contributed by atoms with Crippen molar-refractivity contribution in [1.82, 2.24) is 19.6 Å². The van der Waals surface area contributed by atoms with Crippen molar-refractivity contribution in [1.29, 1.82) is 0 Å². The van der Waals surface area contributed by atoms with Crippen LogP contribution in [0, 0.1) is 0 Å². The van der Waals surface area contributed by atoms with Gasteiger partial charge < -0.3 is 10.1 Å². The first-order chi connectivity index (χ1) is 13.7. The molecule has 4 rings (SSSR count). The Morgan fingerprint density at radius 2 is 2.18 bits per heavy atom. The molecule has 2 aromatic heterocycles. The number of hydrogen-bond acceptors (Lipinski definition) is 6. The summed E-state index contributed by atoms with van der Waals surface area (Å²) in [5.74, 6) is 0.392. The van der Waals surface area contributed by atoms with E-state index < -0.39 is 5.91 Å². The summed E-state index contributed by atoms with van der Waals surface area (Å²) < 4.78 is 6.76. The fourth-order valence-electron chi connectivity index (χ4n) is 3.62. The minimum absolute atomic E-state index is 0.0298. The van der Waals surface area contributed by atoms with E-state index in [4.69, 9.17) is 4.74 Å². The molecule has 1 atom stereocenters. The molecule has 0 radical (unpaired) electrons. The molecule has 0 saturated carbocycles. The molecule has 0 bridgehead atoms. The van der Waals surface area contributed by atoms with Gasteiger partial charge in [0, 0.05) is 24.3 Å². The SMILES string of the molecule is COc1cccc(C(CNC(=O)c2cnc3sccn3c2=O)N2CCCC2)c1. The molecule has 146 valence electrons. The second kappa shape index (κ2) is 8.12. The van der Waals surface area contributed by atoms with Gasteiger partial charge >= 0.3 is 0 Å². The lowest BCUT2D eigenvalue weighted by Crippen LogP contribution is -2.38. The molecule has 28 heavy (non-hydrogen) atoms. The monoisotopic (exact) mass is 398 g/mol. The molecular formula is C20H22N4O3S. The van der Waals surface area contributed by atoms with Gasteiger partial charge in [0.25, 0.3) is 11.5 Å². The van der Waals surface area contributed by atoms with Gasteiger partial charge in [0.05, 0.1) is 13.2 Å². The van der Waals surface area contributed by atoms with E-state index in [-0.39, 0.29) is 17.2 Å². The number of ether oxygens (including phenoxy) is 1. The lowest BCUT2D eigenvalue weighted by molar-refractivity contribution is 0.0936. The van der Waals surface area contributed by atoms with E-state index in [0.717, 1.165) is 37.2 Å². The van der Waals surface area contributed by atoms with Gasteiger partial charge in [0.2, 0.25) is 0 Å². The Kier molecular flexibility index (Phi) is 5.40. The fraction of sp³-hybridized carbons (Fsp3) is 0.350. The minimum atomic E-state index is -0.398. The predicted molar refractivity (Wildman–Crippen MR) is 108 cm³/mol. The maximum Gasteiger partial charge on any atom is 0.271 e. The molecule has 1 amide bonds. The lowest BCUT2D eigenvalue weighted by Gasteiger charge is -2.28. The summed E-state index contributed by atoms with van der Waals surface area (Å²) in [7, 11) is 1.65. The molecular weight excluding hydrogens is 376 g/mol. The van der Waals surface area contributed by atoms with Crippen LogP contribution in [0.1, 0.15) is 34.8 Å². The molecule has 3 aromatic rings. The summed E-state index contributed by atoms with van der Waals surface area (Å²) in [6.07, 6.45) is 5.29. The zero-order valence-electron chi connectivity index (χ0n) is 15.6. The van der Waals surface area contributed by atoms with Gasteiger partial charge in [0.15, 0.2) is 4.96 Å². The number of carbonyl (C=O) groups is 1. The number of methoxy groups -OCH3 is 1. The number of carbonyl (C=O) groups excluding carboxylic acids is 1. The highest BCUT2D eigenvalue weighted by Crippen LogP contribution is 2.27. The average molecular weight is 398 g/mol. The van der Waals surface area contributed by atoms with Gasteiger partial charge in [-0.25, -0.2) is 4.98 Å². The number of rotatable bonds is 6. The van der Waals surface area contributed by atoms with Crippen molar-refractivity contribution in [3.8, 4) is 5.75 Å². The highest BCUT2D eigenvalue weighted by Gasteiger charge is 2.25. The van der Waals surface area contributed by atoms with E-state index in [1.807, 2.05) is 24.3 Å². The molecule has 1 aliphatic heterocycles. The van der Waals surface area contributed by atoms with E-state index in [2.05, 4.69) is 15.2 Å². The topological polar surface area (TPSA) is 75.9 Å². The summed E-state index contributed by atoms with van der Waals surface area (Å²) in [6, 6.07) is 7.95. The molecule has 1 aliphatic rings. The Morgan fingerprint density at radius 1 is 1.36 bits per heavy atom. The van der Waals surface area contributed by atoms with E-state index in [1.54, 1.807) is 18.7 Å². The summed E-state index contributed by atoms with van der Waals surface area (Å²) in [4.78, 5) is 32.4. The zero-order valence-corrected chi connectivity index (χ0v) is 16.4. The van der Waals surface area contributed by atoms with E-state index in [0.29, 0.717) is 11.5 Å². The van der Waals surface area contributed by atoms with Gasteiger partial charge in [-0.2, -0.15) is 0 Å². The Balaban J connectivity index is 1.55. The van der Waals surface area contributed by atoms with Crippen molar-refractivity contribution < 1.29 is 9.53 Å². The Labute approximate surface area is 166 Å². The number of amides is 1. The number of hydrogen-bond donors (Lipinski definition) is 1. The van der Waals surface area contributed by atoms with Gasteiger partial charge in [-0.3, -0.25) is 18.9 Å². The van der Waals surface area contributed by atoms with Gasteiger partial charge in [-0.15, -0.1) is 11.3 Å². The molecule has 1 saturated heterocycles. The van der Waals surface area contributed by atoms with Crippen LogP contribution in [0.4, 0.5) is 0 Å². The number of nitrogens with zero attached hydrogens (tertiary/aromatic N) is 3. The molecule has 0 spiro atoms. The van der Waals surface area contributed by atoms with Gasteiger partial charge in [0.1, 0.15) is 11.3 Å². The standard InChI is InChI=1S/C20H22N4O3S/c1-27-15-6-4-5-14(11-15)17(23-7-2-3-8-23)13-21-18(25)16-12-22-20-24(19(16)26)9-10-28-20/h4-6,9-12,17H,2-3,7-8,13H2,1H3,(H,21,25). The third-order valence-corrected chi connectivity index (χ3v) is 5.87. The quantitative estimate of drug-likeness (QED) is 0.690. The Hall–Kier alpha value is -2.71. The Bertz CT molecular complexity index is 1040. The van der Waals surface area contributed by atoms with Crippen molar-refractivity contribution in [3.63, 3.8) is 0 Å². The van der Waals surface area contributed by atoms with E-state index in [1.165, 1.54) is 21.9 Å². The molecule has 3 heterocycles. The van der Waals surface area contributed by atoms with Gasteiger partial charge in [-0.1, -0.05) is 12.1 Å². The van der Waals surface area contributed by atoms with Crippen molar-refractivity contribution in [2.45, 2.75) is 18.9 Å². The van der Waals surface area contributed by atoms with Crippen molar-refractivity contribution in [2.75, 3.05) is 26.7 Å². The normalized spacial score (nSPS) is 15.6. The third-order valence-electron chi connectivity index (χ3n) is 5.10. The van der Waals surface area contributed by atoms with Crippen LogP contribution < -0.4 is 15.6 Å². The van der Waals surface area contributed by atoms with Crippen molar-refractivity contribution in [3.05, 3.63) is 63.5 Å². The molecule has 1 aromatic carbocycles. The smallest absolute Gasteiger partial charge is 0.271 e. The Morgan fingerprint density at radius 3 is 2.96 bits per heavy atom. The van der Waals surface area contributed by atoms with Gasteiger partial charge in [-0.05, 0) is 43.6 Å². The molecule has 1 N–H and O–H groups in total. The number of likely N-dealkylation sites (tertiary alicyclic amines) is 1. The van der Waals surface area contributed by atoms with Crippen molar-refractivity contribution in [2.24, 2.45) is 0 Å². The minimum Gasteiger partial charge on any atom is -0.497 e. The largest absolute Gasteiger partial charge is 0.497 e. The maximum atomic E-state index is 12.7. The lowest BCUT2D eigenvalue weighted by atomic mass is 10.0. The first kappa shape index (κ1) is 18.6. The number of benzene rings is 1. The van der Waals surface area contributed by atoms with E-state index in [9.17, 15) is 9.59 Å². The summed E-state index contributed by atoms with van der Waals surface area (Å²) in [5.41, 5.74) is 0.800. The number of thiazole rings is 1. The molecule has 7 nitrogen and oxygen atoms in total. The molecule has 1 fully saturated rings. The summed E-state index contributed by atoms with van der Waals surface area (Å²) in [5, 5.41) is 4.71. The molecule has 0 aliphatic carbocycles. The average Bonchev–Trinajstić information content (AvgIpc) is 3.41. The number of fused-ring (bicyclic) bond motifs is 1. The first-order valence-corrected chi connectivity index (χ1v) is 10.2.